The van der Waals surface area contributed by atoms with Crippen molar-refractivity contribution in [2.75, 3.05) is 7.11 Å². The van der Waals surface area contributed by atoms with Crippen molar-refractivity contribution in [1.29, 1.82) is 0 Å². The lowest BCUT2D eigenvalue weighted by molar-refractivity contribution is 0.0374. The summed E-state index contributed by atoms with van der Waals surface area (Å²) in [5.74, 6) is -0.114. The molecular formula is C19H20Cl4N2O3. The number of carbonyl (C=O) groups is 2. The summed E-state index contributed by atoms with van der Waals surface area (Å²) >= 11 is 18.3. The van der Waals surface area contributed by atoms with Gasteiger partial charge < -0.3 is 4.74 Å². The number of hydrazine groups is 1. The van der Waals surface area contributed by atoms with E-state index < -0.39 is 11.4 Å². The fourth-order valence-electron chi connectivity index (χ4n) is 2.37. The molecule has 0 aliphatic heterocycles. The highest BCUT2D eigenvalue weighted by molar-refractivity contribution is 6.31. The highest BCUT2D eigenvalue weighted by atomic mass is 35.5. The average Bonchev–Trinajstić information content (AvgIpc) is 2.66. The van der Waals surface area contributed by atoms with Crippen molar-refractivity contribution in [2.24, 2.45) is 0 Å². The van der Waals surface area contributed by atoms with E-state index in [0.29, 0.717) is 21.9 Å². The van der Waals surface area contributed by atoms with Gasteiger partial charge in [0.15, 0.2) is 5.78 Å². The van der Waals surface area contributed by atoms with Gasteiger partial charge in [0.1, 0.15) is 5.75 Å². The van der Waals surface area contributed by atoms with Crippen molar-refractivity contribution in [1.82, 2.24) is 9.06 Å². The number of ketones is 1. The number of carbonyl (C=O) groups excluding carboxylic acids is 2. The molecule has 0 aliphatic carbocycles. The monoisotopic (exact) mass is 464 g/mol. The summed E-state index contributed by atoms with van der Waals surface area (Å²) in [4.78, 5) is 25.1. The molecule has 2 aromatic carbocycles. The summed E-state index contributed by atoms with van der Waals surface area (Å²) in [5.41, 5.74) is -0.140. The summed E-state index contributed by atoms with van der Waals surface area (Å²) in [7, 11) is 1.53. The lowest BCUT2D eigenvalue weighted by Gasteiger charge is -2.35. The molecule has 0 saturated carbocycles. The highest BCUT2D eigenvalue weighted by Gasteiger charge is 2.35. The van der Waals surface area contributed by atoms with Crippen LogP contribution < -0.4 is 4.74 Å². The highest BCUT2D eigenvalue weighted by Crippen LogP contribution is 2.28. The molecule has 0 N–H and O–H groups in total. The van der Waals surface area contributed by atoms with Crippen LogP contribution in [0.3, 0.4) is 0 Å². The van der Waals surface area contributed by atoms with E-state index in [1.165, 1.54) is 7.11 Å². The molecule has 0 spiro atoms. The third-order valence-electron chi connectivity index (χ3n) is 3.90. The molecule has 9 heteroatoms. The van der Waals surface area contributed by atoms with Crippen LogP contribution in [0.25, 0.3) is 0 Å². The molecule has 5 nitrogen and oxygen atoms in total. The Kier molecular flexibility index (Phi) is 9.05. The number of Topliss-reactive ketones (excluding diaryl/α,β-unsaturated/α-hetero) is 1. The van der Waals surface area contributed by atoms with Crippen molar-refractivity contribution in [3.63, 3.8) is 0 Å². The molecule has 152 valence electrons. The molecular weight excluding hydrogens is 446 g/mol. The van der Waals surface area contributed by atoms with Crippen molar-refractivity contribution in [3.05, 3.63) is 64.7 Å². The molecule has 28 heavy (non-hydrogen) atoms. The average molecular weight is 466 g/mol. The molecule has 1 amide bonds. The number of amides is 1. The van der Waals surface area contributed by atoms with Gasteiger partial charge in [0.2, 0.25) is 0 Å². The van der Waals surface area contributed by atoms with Gasteiger partial charge in [0.25, 0.3) is 5.91 Å². The molecule has 2 rings (SSSR count). The van der Waals surface area contributed by atoms with Crippen LogP contribution in [0, 0.1) is 0 Å². The molecule has 0 fully saturated rings. The number of methoxy groups -OCH3 is 1. The molecule has 0 aliphatic rings. The van der Waals surface area contributed by atoms with E-state index in [4.69, 9.17) is 39.9 Å². The third-order valence-corrected chi connectivity index (χ3v) is 5.14. The minimum Gasteiger partial charge on any atom is -0.497 e. The van der Waals surface area contributed by atoms with Crippen molar-refractivity contribution in [2.45, 2.75) is 25.8 Å². The molecule has 0 saturated heterocycles. The second-order valence-electron chi connectivity index (χ2n) is 6.48. The van der Waals surface area contributed by atoms with Gasteiger partial charge in [-0.1, -0.05) is 23.7 Å². The van der Waals surface area contributed by atoms with Crippen LogP contribution in [0.5, 0.6) is 5.75 Å². The van der Waals surface area contributed by atoms with Gasteiger partial charge in [0, 0.05) is 46.1 Å². The topological polar surface area (TPSA) is 49.9 Å². The van der Waals surface area contributed by atoms with E-state index in [9.17, 15) is 9.59 Å². The standard InChI is InChI=1S/C19H19Cl3N2O3.ClH/c1-19(2,12-17(25)14-5-4-6-16(11-14)27-3)24(22)23(21)18(26)13-7-9-15(20)10-8-13;/h4-11H,12H2,1-3H3;1H. The van der Waals surface area contributed by atoms with E-state index in [2.05, 4.69) is 0 Å². The van der Waals surface area contributed by atoms with Crippen LogP contribution in [0.2, 0.25) is 5.02 Å². The predicted molar refractivity (Wildman–Crippen MR) is 114 cm³/mol. The van der Waals surface area contributed by atoms with Crippen LogP contribution in [-0.2, 0) is 0 Å². The first kappa shape index (κ1) is 24.5. The summed E-state index contributed by atoms with van der Waals surface area (Å²) in [6.45, 7) is 3.42. The molecule has 0 radical (unpaired) electrons. The number of hydrogen-bond donors (Lipinski definition) is 0. The number of rotatable bonds is 7. The Morgan fingerprint density at radius 2 is 1.64 bits per heavy atom. The van der Waals surface area contributed by atoms with Crippen LogP contribution in [0.15, 0.2) is 48.5 Å². The Bertz CT molecular complexity index is 828. The van der Waals surface area contributed by atoms with Gasteiger partial charge in [-0.05, 0) is 50.2 Å². The van der Waals surface area contributed by atoms with Crippen LogP contribution in [-0.4, -0.2) is 33.4 Å². The Labute approximate surface area is 185 Å². The van der Waals surface area contributed by atoms with Gasteiger partial charge in [-0.15, -0.1) is 16.9 Å². The first-order chi connectivity index (χ1) is 12.7. The first-order valence-corrected chi connectivity index (χ1v) is 9.10. The molecule has 0 bridgehead atoms. The molecule has 0 aromatic heterocycles. The number of nitrogens with zero attached hydrogens (tertiary/aromatic N) is 2. The van der Waals surface area contributed by atoms with E-state index in [0.717, 1.165) is 9.06 Å². The van der Waals surface area contributed by atoms with E-state index in [1.807, 2.05) is 0 Å². The predicted octanol–water partition coefficient (Wildman–Crippen LogP) is 5.79. The van der Waals surface area contributed by atoms with Crippen LogP contribution in [0.4, 0.5) is 0 Å². The van der Waals surface area contributed by atoms with Gasteiger partial charge in [-0.2, -0.15) is 4.53 Å². The summed E-state index contributed by atoms with van der Waals surface area (Å²) in [6, 6.07) is 13.1. The largest absolute Gasteiger partial charge is 0.497 e. The van der Waals surface area contributed by atoms with Gasteiger partial charge in [-0.3, -0.25) is 9.59 Å². The smallest absolute Gasteiger partial charge is 0.284 e. The number of halogens is 4. The Balaban J connectivity index is 0.00000392. The Morgan fingerprint density at radius 1 is 1.04 bits per heavy atom. The van der Waals surface area contributed by atoms with Gasteiger partial charge in [0.05, 0.1) is 12.6 Å². The fourth-order valence-corrected chi connectivity index (χ4v) is 2.93. The first-order valence-electron chi connectivity index (χ1n) is 8.04. The minimum absolute atomic E-state index is 0. The van der Waals surface area contributed by atoms with Crippen LogP contribution in [0.1, 0.15) is 41.0 Å². The Hall–Kier alpha value is -1.50. The zero-order chi connectivity index (χ0) is 20.2. The van der Waals surface area contributed by atoms with Crippen molar-refractivity contribution < 1.29 is 14.3 Å². The SMILES string of the molecule is COc1cccc(C(=O)CC(C)(C)N(Cl)N(Cl)C(=O)c2ccc(Cl)cc2)c1.Cl. The lowest BCUT2D eigenvalue weighted by atomic mass is 9.95. The maximum Gasteiger partial charge on any atom is 0.284 e. The third kappa shape index (κ3) is 6.00. The second kappa shape index (κ2) is 10.3. The Morgan fingerprint density at radius 3 is 2.21 bits per heavy atom. The molecule has 0 atom stereocenters. The van der Waals surface area contributed by atoms with Crippen molar-refractivity contribution >= 4 is 59.3 Å². The number of ether oxygens (including phenoxy) is 1. The summed E-state index contributed by atoms with van der Waals surface area (Å²) in [6.07, 6.45) is 0.0286. The normalized spacial score (nSPS) is 11.0. The fraction of sp³-hybridized carbons (Fsp3) is 0.263. The molecule has 0 unspecified atom stereocenters. The number of hydrogen-bond acceptors (Lipinski definition) is 4. The second-order valence-corrected chi connectivity index (χ2v) is 7.55. The zero-order valence-electron chi connectivity index (χ0n) is 15.5. The minimum atomic E-state index is -0.939. The summed E-state index contributed by atoms with van der Waals surface area (Å²) < 4.78 is 6.91. The quantitative estimate of drug-likeness (QED) is 0.295. The van der Waals surface area contributed by atoms with Crippen molar-refractivity contribution in [3.8, 4) is 5.75 Å². The number of benzene rings is 2. The van der Waals surface area contributed by atoms with E-state index >= 15 is 0 Å². The summed E-state index contributed by atoms with van der Waals surface area (Å²) in [5, 5.41) is 0.500. The van der Waals surface area contributed by atoms with Gasteiger partial charge >= 0.3 is 0 Å². The van der Waals surface area contributed by atoms with E-state index in [-0.39, 0.29) is 24.6 Å². The van der Waals surface area contributed by atoms with E-state index in [1.54, 1.807) is 62.4 Å². The maximum atomic E-state index is 12.6. The maximum absolute atomic E-state index is 12.6. The lowest BCUT2D eigenvalue weighted by Crippen LogP contribution is -2.48. The van der Waals surface area contributed by atoms with Gasteiger partial charge in [-0.25, -0.2) is 0 Å². The molecule has 2 aromatic rings. The zero-order valence-corrected chi connectivity index (χ0v) is 18.6. The molecule has 0 heterocycles. The van der Waals surface area contributed by atoms with Crippen LogP contribution >= 0.6 is 47.6 Å².